The second-order valence-corrected chi connectivity index (χ2v) is 7.09. The van der Waals surface area contributed by atoms with Gasteiger partial charge in [0.25, 0.3) is 5.91 Å². The van der Waals surface area contributed by atoms with Crippen LogP contribution >= 0.6 is 0 Å². The second kappa shape index (κ2) is 6.57. The van der Waals surface area contributed by atoms with E-state index in [1.165, 1.54) is 0 Å². The van der Waals surface area contributed by atoms with E-state index >= 15 is 0 Å². The number of rotatable bonds is 5. The molecule has 0 radical (unpaired) electrons. The average Bonchev–Trinajstić information content (AvgIpc) is 3.15. The molecule has 0 fully saturated rings. The highest BCUT2D eigenvalue weighted by Crippen LogP contribution is 2.29. The molecule has 7 heteroatoms. The van der Waals surface area contributed by atoms with E-state index in [2.05, 4.69) is 16.5 Å². The third-order valence-electron chi connectivity index (χ3n) is 4.78. The van der Waals surface area contributed by atoms with Crippen molar-refractivity contribution in [3.05, 3.63) is 46.3 Å². The van der Waals surface area contributed by atoms with Crippen LogP contribution < -0.4 is 5.32 Å². The Morgan fingerprint density at radius 2 is 2.04 bits per heavy atom. The molecule has 1 aliphatic carbocycles. The van der Waals surface area contributed by atoms with Gasteiger partial charge >= 0.3 is 5.97 Å². The van der Waals surface area contributed by atoms with Crippen LogP contribution in [0.2, 0.25) is 0 Å². The standard InChI is InChI=1S/C19H23N3O4/c1-11-7-8-14(12(2)9-11)22-15-6-4-5-13(15)16(21-22)17(23)20-10-19(3,26)18(24)25/h7-9,26H,4-6,10H2,1-3H3,(H,20,23)(H,24,25). The van der Waals surface area contributed by atoms with Crippen molar-refractivity contribution in [1.29, 1.82) is 0 Å². The summed E-state index contributed by atoms with van der Waals surface area (Å²) in [5.41, 5.74) is 3.37. The molecule has 26 heavy (non-hydrogen) atoms. The molecule has 3 rings (SSSR count). The van der Waals surface area contributed by atoms with Gasteiger partial charge in [-0.3, -0.25) is 4.79 Å². The number of carboxylic acid groups (broad SMARTS) is 1. The summed E-state index contributed by atoms with van der Waals surface area (Å²) in [7, 11) is 0. The van der Waals surface area contributed by atoms with Gasteiger partial charge in [-0.05, 0) is 51.7 Å². The number of carboxylic acids is 1. The molecule has 1 atom stereocenters. The molecule has 3 N–H and O–H groups in total. The number of carbonyl (C=O) groups excluding carboxylic acids is 1. The van der Waals surface area contributed by atoms with Gasteiger partial charge in [-0.25, -0.2) is 9.48 Å². The number of carbonyl (C=O) groups is 2. The summed E-state index contributed by atoms with van der Waals surface area (Å²) < 4.78 is 1.82. The van der Waals surface area contributed by atoms with Gasteiger partial charge in [-0.15, -0.1) is 0 Å². The van der Waals surface area contributed by atoms with Crippen LogP contribution in [-0.2, 0) is 17.6 Å². The van der Waals surface area contributed by atoms with E-state index in [1.807, 2.05) is 30.7 Å². The van der Waals surface area contributed by atoms with Crippen LogP contribution in [0.15, 0.2) is 18.2 Å². The van der Waals surface area contributed by atoms with Crippen LogP contribution in [0.3, 0.4) is 0 Å². The number of aliphatic hydroxyl groups is 1. The lowest BCUT2D eigenvalue weighted by atomic mass is 10.1. The van der Waals surface area contributed by atoms with Crippen molar-refractivity contribution in [2.45, 2.75) is 45.6 Å². The van der Waals surface area contributed by atoms with Crippen LogP contribution in [0, 0.1) is 13.8 Å². The van der Waals surface area contributed by atoms with Crippen molar-refractivity contribution in [3.63, 3.8) is 0 Å². The van der Waals surface area contributed by atoms with Gasteiger partial charge in [-0.2, -0.15) is 5.10 Å². The molecule has 0 aliphatic heterocycles. The Labute approximate surface area is 151 Å². The molecular formula is C19H23N3O4. The lowest BCUT2D eigenvalue weighted by molar-refractivity contribution is -0.155. The van der Waals surface area contributed by atoms with Gasteiger partial charge in [-0.1, -0.05) is 17.7 Å². The van der Waals surface area contributed by atoms with E-state index in [-0.39, 0.29) is 6.54 Å². The molecule has 0 spiro atoms. The molecule has 0 bridgehead atoms. The maximum Gasteiger partial charge on any atom is 0.337 e. The van der Waals surface area contributed by atoms with Crippen molar-refractivity contribution in [2.24, 2.45) is 0 Å². The van der Waals surface area contributed by atoms with Crippen molar-refractivity contribution >= 4 is 11.9 Å². The third kappa shape index (κ3) is 3.22. The molecule has 1 aromatic heterocycles. The summed E-state index contributed by atoms with van der Waals surface area (Å²) in [5, 5.41) is 25.8. The molecule has 0 saturated carbocycles. The van der Waals surface area contributed by atoms with E-state index in [0.29, 0.717) is 5.69 Å². The summed E-state index contributed by atoms with van der Waals surface area (Å²) in [6.45, 7) is 4.80. The van der Waals surface area contributed by atoms with Crippen LogP contribution in [0.5, 0.6) is 0 Å². The molecular weight excluding hydrogens is 334 g/mol. The fourth-order valence-electron chi connectivity index (χ4n) is 3.27. The minimum Gasteiger partial charge on any atom is -0.479 e. The van der Waals surface area contributed by atoms with Crippen molar-refractivity contribution in [3.8, 4) is 5.69 Å². The lowest BCUT2D eigenvalue weighted by Crippen LogP contribution is -2.46. The molecule has 1 aromatic carbocycles. The maximum absolute atomic E-state index is 12.6. The molecule has 1 heterocycles. The van der Waals surface area contributed by atoms with E-state index < -0.39 is 17.5 Å². The quantitative estimate of drug-likeness (QED) is 0.753. The summed E-state index contributed by atoms with van der Waals surface area (Å²) in [6, 6.07) is 6.07. The summed E-state index contributed by atoms with van der Waals surface area (Å²) >= 11 is 0. The monoisotopic (exact) mass is 357 g/mol. The number of hydrogen-bond acceptors (Lipinski definition) is 4. The van der Waals surface area contributed by atoms with Crippen LogP contribution in [0.4, 0.5) is 0 Å². The summed E-state index contributed by atoms with van der Waals surface area (Å²) in [6.07, 6.45) is 2.55. The number of aryl methyl sites for hydroxylation is 2. The number of fused-ring (bicyclic) bond motifs is 1. The van der Waals surface area contributed by atoms with Gasteiger partial charge in [0.05, 0.1) is 12.2 Å². The van der Waals surface area contributed by atoms with E-state index in [0.717, 1.165) is 54.3 Å². The van der Waals surface area contributed by atoms with Gasteiger partial charge in [0.15, 0.2) is 11.3 Å². The SMILES string of the molecule is Cc1ccc(-n2nc(C(=O)NCC(C)(O)C(=O)O)c3c2CCC3)c(C)c1. The fourth-order valence-corrected chi connectivity index (χ4v) is 3.27. The Morgan fingerprint density at radius 1 is 1.31 bits per heavy atom. The van der Waals surface area contributed by atoms with Crippen molar-refractivity contribution in [1.82, 2.24) is 15.1 Å². The number of nitrogens with one attached hydrogen (secondary N) is 1. The largest absolute Gasteiger partial charge is 0.479 e. The highest BCUT2D eigenvalue weighted by atomic mass is 16.4. The first-order chi connectivity index (χ1) is 12.2. The minimum atomic E-state index is -2.02. The zero-order chi connectivity index (χ0) is 19.1. The first-order valence-corrected chi connectivity index (χ1v) is 8.63. The number of aromatic nitrogens is 2. The zero-order valence-corrected chi connectivity index (χ0v) is 15.2. The topological polar surface area (TPSA) is 104 Å². The molecule has 1 aliphatic rings. The minimum absolute atomic E-state index is 0.304. The van der Waals surface area contributed by atoms with Crippen LogP contribution in [0.1, 0.15) is 46.2 Å². The molecule has 1 amide bonds. The fraction of sp³-hybridized carbons (Fsp3) is 0.421. The Kier molecular flexibility index (Phi) is 4.58. The Balaban J connectivity index is 1.92. The van der Waals surface area contributed by atoms with E-state index in [1.54, 1.807) is 0 Å². The molecule has 7 nitrogen and oxygen atoms in total. The highest BCUT2D eigenvalue weighted by molar-refractivity contribution is 5.94. The summed E-state index contributed by atoms with van der Waals surface area (Å²) in [5.74, 6) is -1.85. The van der Waals surface area contributed by atoms with Crippen LogP contribution in [-0.4, -0.2) is 44.0 Å². The smallest absolute Gasteiger partial charge is 0.337 e. The highest BCUT2D eigenvalue weighted by Gasteiger charge is 2.32. The van der Waals surface area contributed by atoms with Crippen LogP contribution in [0.25, 0.3) is 5.69 Å². The number of benzene rings is 1. The number of aliphatic carboxylic acids is 1. The van der Waals surface area contributed by atoms with Gasteiger partial charge < -0.3 is 15.5 Å². The third-order valence-corrected chi connectivity index (χ3v) is 4.78. The van der Waals surface area contributed by atoms with Crippen molar-refractivity contribution < 1.29 is 19.8 Å². The zero-order valence-electron chi connectivity index (χ0n) is 15.2. The first-order valence-electron chi connectivity index (χ1n) is 8.63. The number of hydrogen-bond donors (Lipinski definition) is 3. The Morgan fingerprint density at radius 3 is 2.69 bits per heavy atom. The predicted octanol–water partition coefficient (Wildman–Crippen LogP) is 1.54. The van der Waals surface area contributed by atoms with Gasteiger partial charge in [0.1, 0.15) is 0 Å². The first kappa shape index (κ1) is 18.1. The molecule has 1 unspecified atom stereocenters. The number of amides is 1. The summed E-state index contributed by atoms with van der Waals surface area (Å²) in [4.78, 5) is 23.6. The molecule has 0 saturated heterocycles. The molecule has 138 valence electrons. The van der Waals surface area contributed by atoms with Crippen molar-refractivity contribution in [2.75, 3.05) is 6.54 Å². The number of nitrogens with zero attached hydrogens (tertiary/aromatic N) is 2. The van der Waals surface area contributed by atoms with Gasteiger partial charge in [0.2, 0.25) is 0 Å². The Hall–Kier alpha value is -2.67. The van der Waals surface area contributed by atoms with Gasteiger partial charge in [0, 0.05) is 11.3 Å². The average molecular weight is 357 g/mol. The lowest BCUT2D eigenvalue weighted by Gasteiger charge is -2.17. The maximum atomic E-state index is 12.6. The van der Waals surface area contributed by atoms with E-state index in [9.17, 15) is 14.7 Å². The normalized spacial score (nSPS) is 15.4. The Bertz CT molecular complexity index is 883. The second-order valence-electron chi connectivity index (χ2n) is 7.09. The predicted molar refractivity (Wildman–Crippen MR) is 95.7 cm³/mol. The molecule has 2 aromatic rings. The van der Waals surface area contributed by atoms with E-state index in [4.69, 9.17) is 5.11 Å².